The third kappa shape index (κ3) is 4.45. The summed E-state index contributed by atoms with van der Waals surface area (Å²) in [6.45, 7) is -0.0901. The number of amides is 1. The van der Waals surface area contributed by atoms with E-state index in [1.807, 2.05) is 0 Å². The van der Waals surface area contributed by atoms with Crippen LogP contribution in [0.15, 0.2) is 40.8 Å². The van der Waals surface area contributed by atoms with E-state index in [9.17, 15) is 9.90 Å². The normalized spacial score (nSPS) is 10.8. The Balaban J connectivity index is 1.71. The maximum Gasteiger partial charge on any atom is 0.291 e. The van der Waals surface area contributed by atoms with Gasteiger partial charge in [0.15, 0.2) is 11.5 Å². The lowest BCUT2D eigenvalue weighted by Gasteiger charge is -2.12. The molecule has 0 atom stereocenters. The molecule has 146 valence electrons. The average molecular weight is 482 g/mol. The van der Waals surface area contributed by atoms with Gasteiger partial charge in [-0.05, 0) is 24.3 Å². The van der Waals surface area contributed by atoms with Crippen LogP contribution in [0.25, 0.3) is 0 Å². The molecule has 28 heavy (non-hydrogen) atoms. The van der Waals surface area contributed by atoms with Crippen molar-refractivity contribution in [2.24, 2.45) is 0 Å². The highest BCUT2D eigenvalue weighted by Crippen LogP contribution is 2.48. The number of hydrogen-bond acceptors (Lipinski definition) is 4. The molecule has 1 heterocycles. The fourth-order valence-electron chi connectivity index (χ4n) is 2.21. The van der Waals surface area contributed by atoms with Gasteiger partial charge in [-0.3, -0.25) is 4.79 Å². The second-order valence-electron chi connectivity index (χ2n) is 5.46. The number of rotatable bonds is 5. The number of benzene rings is 2. The highest BCUT2D eigenvalue weighted by Gasteiger charge is 2.21. The van der Waals surface area contributed by atoms with E-state index in [4.69, 9.17) is 67.2 Å². The standard InChI is InChI=1S/C18H10Cl5NO4/c19-12-13(20)15(22)17(16(23)14(12)21)27-7-10-4-5-11(28-10)18(26)24-8-2-1-3-9(25)6-8/h1-6,25H,7H2,(H,24,26). The first-order valence-corrected chi connectivity index (χ1v) is 9.50. The number of anilines is 1. The molecule has 0 fully saturated rings. The van der Waals surface area contributed by atoms with Crippen molar-refractivity contribution >= 4 is 69.6 Å². The summed E-state index contributed by atoms with van der Waals surface area (Å²) in [5.41, 5.74) is 0.420. The first-order chi connectivity index (χ1) is 13.3. The number of nitrogens with one attached hydrogen (secondary N) is 1. The van der Waals surface area contributed by atoms with Crippen LogP contribution in [0.2, 0.25) is 25.1 Å². The Morgan fingerprint density at radius 2 is 1.61 bits per heavy atom. The van der Waals surface area contributed by atoms with Gasteiger partial charge in [-0.1, -0.05) is 64.1 Å². The fraction of sp³-hybridized carbons (Fsp3) is 0.0556. The van der Waals surface area contributed by atoms with Crippen LogP contribution in [0.4, 0.5) is 5.69 Å². The summed E-state index contributed by atoms with van der Waals surface area (Å²) in [7, 11) is 0. The summed E-state index contributed by atoms with van der Waals surface area (Å²) in [4.78, 5) is 12.2. The molecule has 0 bridgehead atoms. The lowest BCUT2D eigenvalue weighted by Crippen LogP contribution is -2.10. The van der Waals surface area contributed by atoms with Gasteiger partial charge in [0.05, 0.1) is 15.1 Å². The van der Waals surface area contributed by atoms with Crippen LogP contribution >= 0.6 is 58.0 Å². The third-order valence-corrected chi connectivity index (χ3v) is 5.76. The minimum absolute atomic E-state index is 0.00877. The monoisotopic (exact) mass is 479 g/mol. The SMILES string of the molecule is O=C(Nc1cccc(O)c1)c1ccc(COc2c(Cl)c(Cl)c(Cl)c(Cl)c2Cl)o1. The van der Waals surface area contributed by atoms with Crippen molar-refractivity contribution in [3.63, 3.8) is 0 Å². The van der Waals surface area contributed by atoms with Gasteiger partial charge < -0.3 is 19.6 Å². The third-order valence-electron chi connectivity index (χ3n) is 3.52. The van der Waals surface area contributed by atoms with Crippen LogP contribution in [0.3, 0.4) is 0 Å². The summed E-state index contributed by atoms with van der Waals surface area (Å²) in [5, 5.41) is 12.1. The van der Waals surface area contributed by atoms with Gasteiger partial charge in [-0.25, -0.2) is 0 Å². The van der Waals surface area contributed by atoms with Gasteiger partial charge in [-0.2, -0.15) is 0 Å². The summed E-state index contributed by atoms with van der Waals surface area (Å²) in [6.07, 6.45) is 0. The number of carbonyl (C=O) groups is 1. The van der Waals surface area contributed by atoms with E-state index in [1.54, 1.807) is 18.2 Å². The number of aromatic hydroxyl groups is 1. The Kier molecular flexibility index (Phi) is 6.53. The number of halogens is 5. The fourth-order valence-corrected chi connectivity index (χ4v) is 3.44. The molecule has 0 aliphatic carbocycles. The van der Waals surface area contributed by atoms with Crippen LogP contribution in [-0.4, -0.2) is 11.0 Å². The number of phenolic OH excluding ortho intramolecular Hbond substituents is 1. The lowest BCUT2D eigenvalue weighted by atomic mass is 10.3. The molecule has 0 aliphatic rings. The van der Waals surface area contributed by atoms with Crippen LogP contribution in [0.5, 0.6) is 11.5 Å². The zero-order chi connectivity index (χ0) is 20.4. The largest absolute Gasteiger partial charge is 0.508 e. The molecule has 1 amide bonds. The van der Waals surface area contributed by atoms with Gasteiger partial charge in [0.25, 0.3) is 5.91 Å². The Bertz CT molecular complexity index is 1020. The molecular formula is C18H10Cl5NO4. The van der Waals surface area contributed by atoms with Crippen molar-refractivity contribution in [2.45, 2.75) is 6.61 Å². The first kappa shape index (κ1) is 21.0. The van der Waals surface area contributed by atoms with Crippen LogP contribution in [0.1, 0.15) is 16.3 Å². The Labute approximate surface area is 184 Å². The van der Waals surface area contributed by atoms with Crippen LogP contribution < -0.4 is 10.1 Å². The number of hydrogen-bond donors (Lipinski definition) is 2. The summed E-state index contributed by atoms with van der Waals surface area (Å²) in [5.74, 6) is -0.0440. The van der Waals surface area contributed by atoms with E-state index >= 15 is 0 Å². The molecule has 1 aromatic heterocycles. The number of furan rings is 1. The van der Waals surface area contributed by atoms with Gasteiger partial charge in [0.1, 0.15) is 28.2 Å². The molecular weight excluding hydrogens is 471 g/mol. The Morgan fingerprint density at radius 3 is 2.25 bits per heavy atom. The summed E-state index contributed by atoms with van der Waals surface area (Å²) >= 11 is 30.1. The molecule has 0 spiro atoms. The zero-order valence-corrected chi connectivity index (χ0v) is 17.5. The number of ether oxygens (including phenoxy) is 1. The number of carbonyl (C=O) groups excluding carboxylic acids is 1. The van der Waals surface area contributed by atoms with Crippen molar-refractivity contribution in [1.82, 2.24) is 0 Å². The van der Waals surface area contributed by atoms with E-state index in [0.717, 1.165) is 0 Å². The molecule has 3 rings (SSSR count). The summed E-state index contributed by atoms with van der Waals surface area (Å²) < 4.78 is 11.0. The van der Waals surface area contributed by atoms with Gasteiger partial charge in [0, 0.05) is 11.8 Å². The predicted octanol–water partition coefficient (Wildman–Crippen LogP) is 7.08. The minimum atomic E-state index is -0.495. The highest BCUT2D eigenvalue weighted by atomic mass is 35.5. The second kappa shape index (κ2) is 8.72. The lowest BCUT2D eigenvalue weighted by molar-refractivity contribution is 0.0992. The smallest absolute Gasteiger partial charge is 0.291 e. The maximum absolute atomic E-state index is 12.2. The second-order valence-corrected chi connectivity index (χ2v) is 7.35. The average Bonchev–Trinajstić information content (AvgIpc) is 3.14. The van der Waals surface area contributed by atoms with E-state index < -0.39 is 5.91 Å². The quantitative estimate of drug-likeness (QED) is 0.302. The van der Waals surface area contributed by atoms with Gasteiger partial charge in [0.2, 0.25) is 0 Å². The first-order valence-electron chi connectivity index (χ1n) is 7.61. The minimum Gasteiger partial charge on any atom is -0.508 e. The Morgan fingerprint density at radius 1 is 0.964 bits per heavy atom. The molecule has 0 radical (unpaired) electrons. The maximum atomic E-state index is 12.2. The van der Waals surface area contributed by atoms with Crippen molar-refractivity contribution in [3.05, 3.63) is 73.0 Å². The Hall–Kier alpha value is -1.76. The van der Waals surface area contributed by atoms with Gasteiger partial charge >= 0.3 is 0 Å². The molecule has 0 saturated carbocycles. The molecule has 2 aromatic carbocycles. The van der Waals surface area contributed by atoms with Crippen molar-refractivity contribution in [3.8, 4) is 11.5 Å². The van der Waals surface area contributed by atoms with Crippen molar-refractivity contribution in [2.75, 3.05) is 5.32 Å². The summed E-state index contributed by atoms with van der Waals surface area (Å²) in [6, 6.07) is 9.15. The molecule has 0 unspecified atom stereocenters. The zero-order valence-electron chi connectivity index (χ0n) is 13.7. The van der Waals surface area contributed by atoms with E-state index in [0.29, 0.717) is 11.4 Å². The predicted molar refractivity (Wildman–Crippen MR) is 111 cm³/mol. The van der Waals surface area contributed by atoms with Crippen molar-refractivity contribution in [1.29, 1.82) is 0 Å². The molecule has 3 aromatic rings. The van der Waals surface area contributed by atoms with Crippen LogP contribution in [0, 0.1) is 0 Å². The van der Waals surface area contributed by atoms with Crippen molar-refractivity contribution < 1.29 is 19.1 Å². The molecule has 0 saturated heterocycles. The number of phenols is 1. The molecule has 5 nitrogen and oxygen atoms in total. The van der Waals surface area contributed by atoms with E-state index in [-0.39, 0.29) is 49.0 Å². The molecule has 10 heteroatoms. The van der Waals surface area contributed by atoms with Gasteiger partial charge in [-0.15, -0.1) is 0 Å². The van der Waals surface area contributed by atoms with E-state index in [1.165, 1.54) is 18.2 Å². The molecule has 2 N–H and O–H groups in total. The highest BCUT2D eigenvalue weighted by molar-refractivity contribution is 6.55. The van der Waals surface area contributed by atoms with Crippen LogP contribution in [-0.2, 0) is 6.61 Å². The van der Waals surface area contributed by atoms with E-state index in [2.05, 4.69) is 5.32 Å². The topological polar surface area (TPSA) is 71.7 Å². The molecule has 0 aliphatic heterocycles.